The minimum absolute atomic E-state index is 0.177. The van der Waals surface area contributed by atoms with E-state index in [4.69, 9.17) is 11.6 Å². The summed E-state index contributed by atoms with van der Waals surface area (Å²) < 4.78 is 0. The molecule has 1 amide bonds. The highest BCUT2D eigenvalue weighted by Gasteiger charge is 2.07. The molecule has 1 aromatic carbocycles. The van der Waals surface area contributed by atoms with E-state index in [1.54, 1.807) is 29.5 Å². The molecule has 0 spiro atoms. The highest BCUT2D eigenvalue weighted by Crippen LogP contribution is 2.27. The predicted molar refractivity (Wildman–Crippen MR) is 87.8 cm³/mol. The van der Waals surface area contributed by atoms with Crippen LogP contribution in [0.5, 0.6) is 0 Å². The average molecular weight is 307 g/mol. The predicted octanol–water partition coefficient (Wildman–Crippen LogP) is 4.12. The third-order valence-corrected chi connectivity index (χ3v) is 3.71. The van der Waals surface area contributed by atoms with Gasteiger partial charge in [-0.3, -0.25) is 4.79 Å². The molecule has 0 atom stereocenters. The van der Waals surface area contributed by atoms with E-state index in [-0.39, 0.29) is 5.91 Å². The molecule has 1 N–H and O–H groups in total. The van der Waals surface area contributed by atoms with Gasteiger partial charge in [0.1, 0.15) is 0 Å². The summed E-state index contributed by atoms with van der Waals surface area (Å²) in [6, 6.07) is 9.32. The SMILES string of the molecule is CN(C)c1ccc(Cl)cc1NC(=O)C=Cc1cccs1. The first-order valence-electron chi connectivity index (χ1n) is 6.06. The van der Waals surface area contributed by atoms with Crippen molar-refractivity contribution >= 4 is 46.3 Å². The molecule has 1 aromatic heterocycles. The highest BCUT2D eigenvalue weighted by molar-refractivity contribution is 7.10. The first-order valence-corrected chi connectivity index (χ1v) is 7.31. The van der Waals surface area contributed by atoms with Crippen LogP contribution in [-0.2, 0) is 4.79 Å². The Labute approximate surface area is 127 Å². The minimum Gasteiger partial charge on any atom is -0.376 e. The van der Waals surface area contributed by atoms with Crippen LogP contribution in [0.4, 0.5) is 11.4 Å². The standard InChI is InChI=1S/C15H15ClN2OS/c1-18(2)14-7-5-11(16)10-13(14)17-15(19)8-6-12-4-3-9-20-12/h3-10H,1-2H3,(H,17,19). The second-order valence-electron chi connectivity index (χ2n) is 4.39. The fourth-order valence-electron chi connectivity index (χ4n) is 1.72. The van der Waals surface area contributed by atoms with Crippen molar-refractivity contribution in [2.75, 3.05) is 24.3 Å². The molecule has 0 saturated carbocycles. The summed E-state index contributed by atoms with van der Waals surface area (Å²) in [7, 11) is 3.83. The van der Waals surface area contributed by atoms with E-state index < -0.39 is 0 Å². The molecule has 0 bridgehead atoms. The van der Waals surface area contributed by atoms with E-state index in [0.29, 0.717) is 10.7 Å². The van der Waals surface area contributed by atoms with Gasteiger partial charge in [-0.05, 0) is 35.7 Å². The van der Waals surface area contributed by atoms with E-state index in [0.717, 1.165) is 10.6 Å². The van der Waals surface area contributed by atoms with Gasteiger partial charge in [-0.2, -0.15) is 0 Å². The van der Waals surface area contributed by atoms with Crippen LogP contribution in [0.1, 0.15) is 4.88 Å². The highest BCUT2D eigenvalue weighted by atomic mass is 35.5. The van der Waals surface area contributed by atoms with Crippen LogP contribution in [0.2, 0.25) is 5.02 Å². The van der Waals surface area contributed by atoms with Crippen molar-refractivity contribution in [2.45, 2.75) is 0 Å². The van der Waals surface area contributed by atoms with E-state index >= 15 is 0 Å². The largest absolute Gasteiger partial charge is 0.376 e. The van der Waals surface area contributed by atoms with Crippen LogP contribution < -0.4 is 10.2 Å². The Morgan fingerprint density at radius 2 is 2.15 bits per heavy atom. The summed E-state index contributed by atoms with van der Waals surface area (Å²) in [5.74, 6) is -0.177. The summed E-state index contributed by atoms with van der Waals surface area (Å²) in [5.41, 5.74) is 1.61. The first kappa shape index (κ1) is 14.6. The molecule has 104 valence electrons. The molecule has 1 heterocycles. The molecule has 0 saturated heterocycles. The maximum absolute atomic E-state index is 11.9. The second kappa shape index (κ2) is 6.59. The third kappa shape index (κ3) is 3.85. The molecule has 2 rings (SSSR count). The Bertz CT molecular complexity index is 621. The number of hydrogen-bond donors (Lipinski definition) is 1. The Hall–Kier alpha value is -1.78. The van der Waals surface area contributed by atoms with E-state index in [9.17, 15) is 4.79 Å². The van der Waals surface area contributed by atoms with Crippen molar-refractivity contribution < 1.29 is 4.79 Å². The van der Waals surface area contributed by atoms with E-state index in [1.165, 1.54) is 6.08 Å². The van der Waals surface area contributed by atoms with Gasteiger partial charge >= 0.3 is 0 Å². The van der Waals surface area contributed by atoms with Crippen LogP contribution in [0, 0.1) is 0 Å². The van der Waals surface area contributed by atoms with Gasteiger partial charge in [-0.25, -0.2) is 0 Å². The Morgan fingerprint density at radius 3 is 2.80 bits per heavy atom. The fourth-order valence-corrected chi connectivity index (χ4v) is 2.51. The molecule has 0 aliphatic carbocycles. The van der Waals surface area contributed by atoms with Crippen molar-refractivity contribution in [1.82, 2.24) is 0 Å². The smallest absolute Gasteiger partial charge is 0.248 e. The van der Waals surface area contributed by atoms with Gasteiger partial charge in [-0.15, -0.1) is 11.3 Å². The molecular weight excluding hydrogens is 292 g/mol. The third-order valence-electron chi connectivity index (χ3n) is 2.64. The molecule has 3 nitrogen and oxygen atoms in total. The Balaban J connectivity index is 2.13. The number of rotatable bonds is 4. The van der Waals surface area contributed by atoms with Crippen molar-refractivity contribution in [3.63, 3.8) is 0 Å². The lowest BCUT2D eigenvalue weighted by atomic mass is 10.2. The monoisotopic (exact) mass is 306 g/mol. The number of nitrogens with zero attached hydrogens (tertiary/aromatic N) is 1. The number of carbonyl (C=O) groups excluding carboxylic acids is 1. The van der Waals surface area contributed by atoms with Crippen LogP contribution in [-0.4, -0.2) is 20.0 Å². The van der Waals surface area contributed by atoms with Gasteiger partial charge in [0.05, 0.1) is 11.4 Å². The van der Waals surface area contributed by atoms with Crippen molar-refractivity contribution in [3.8, 4) is 0 Å². The number of nitrogens with one attached hydrogen (secondary N) is 1. The summed E-state index contributed by atoms with van der Waals surface area (Å²) in [5, 5.41) is 5.41. The lowest BCUT2D eigenvalue weighted by molar-refractivity contribution is -0.111. The average Bonchev–Trinajstić information content (AvgIpc) is 2.89. The van der Waals surface area contributed by atoms with Crippen LogP contribution in [0.15, 0.2) is 41.8 Å². The molecule has 0 fully saturated rings. The number of hydrogen-bond acceptors (Lipinski definition) is 3. The topological polar surface area (TPSA) is 32.3 Å². The summed E-state index contributed by atoms with van der Waals surface area (Å²) >= 11 is 7.56. The second-order valence-corrected chi connectivity index (χ2v) is 5.81. The summed E-state index contributed by atoms with van der Waals surface area (Å²) in [6.45, 7) is 0. The van der Waals surface area contributed by atoms with Crippen molar-refractivity contribution in [1.29, 1.82) is 0 Å². The number of anilines is 2. The van der Waals surface area contributed by atoms with Crippen molar-refractivity contribution in [3.05, 3.63) is 51.7 Å². The number of carbonyl (C=O) groups is 1. The molecule has 5 heteroatoms. The van der Waals surface area contributed by atoms with Gasteiger partial charge in [0.25, 0.3) is 0 Å². The lowest BCUT2D eigenvalue weighted by Crippen LogP contribution is -2.15. The van der Waals surface area contributed by atoms with Gasteiger partial charge in [0.2, 0.25) is 5.91 Å². The molecule has 20 heavy (non-hydrogen) atoms. The number of benzene rings is 1. The number of halogens is 1. The quantitative estimate of drug-likeness (QED) is 0.862. The van der Waals surface area contributed by atoms with E-state index in [1.807, 2.05) is 42.6 Å². The first-order chi connectivity index (χ1) is 9.56. The fraction of sp³-hybridized carbons (Fsp3) is 0.133. The van der Waals surface area contributed by atoms with Gasteiger partial charge in [-0.1, -0.05) is 17.7 Å². The van der Waals surface area contributed by atoms with E-state index in [2.05, 4.69) is 5.32 Å². The number of amides is 1. The molecule has 0 aliphatic heterocycles. The molecule has 0 aliphatic rings. The summed E-state index contributed by atoms with van der Waals surface area (Å²) in [6.07, 6.45) is 3.31. The van der Waals surface area contributed by atoms with Crippen LogP contribution in [0.3, 0.4) is 0 Å². The summed E-state index contributed by atoms with van der Waals surface area (Å²) in [4.78, 5) is 14.9. The van der Waals surface area contributed by atoms with Crippen LogP contribution >= 0.6 is 22.9 Å². The number of thiophene rings is 1. The molecule has 0 radical (unpaired) electrons. The zero-order chi connectivity index (χ0) is 14.5. The normalized spacial score (nSPS) is 10.8. The maximum atomic E-state index is 11.9. The zero-order valence-electron chi connectivity index (χ0n) is 11.3. The van der Waals surface area contributed by atoms with Gasteiger partial charge in [0, 0.05) is 30.1 Å². The zero-order valence-corrected chi connectivity index (χ0v) is 12.8. The lowest BCUT2D eigenvalue weighted by Gasteiger charge is -2.17. The minimum atomic E-state index is -0.177. The Morgan fingerprint density at radius 1 is 1.35 bits per heavy atom. The van der Waals surface area contributed by atoms with Crippen molar-refractivity contribution in [2.24, 2.45) is 0 Å². The maximum Gasteiger partial charge on any atom is 0.248 e. The molecular formula is C15H15ClN2OS. The van der Waals surface area contributed by atoms with Crippen LogP contribution in [0.25, 0.3) is 6.08 Å². The molecule has 0 unspecified atom stereocenters. The Kier molecular flexibility index (Phi) is 4.82. The van der Waals surface area contributed by atoms with Gasteiger partial charge < -0.3 is 10.2 Å². The molecule has 2 aromatic rings. The van der Waals surface area contributed by atoms with Gasteiger partial charge in [0.15, 0.2) is 0 Å².